The molecule has 0 aliphatic carbocycles. The highest BCUT2D eigenvalue weighted by Crippen LogP contribution is 1.94. The van der Waals surface area contributed by atoms with E-state index in [1.807, 2.05) is 6.07 Å². The highest BCUT2D eigenvalue weighted by atomic mass is 16.5. The predicted octanol–water partition coefficient (Wildman–Crippen LogP) is 0.322. The fraction of sp³-hybridized carbons (Fsp3) is 0.556. The lowest BCUT2D eigenvalue weighted by Gasteiger charge is -2.00. The lowest BCUT2D eigenvalue weighted by atomic mass is 10.3. The number of hydrogen-bond acceptors (Lipinski definition) is 5. The molecule has 0 aromatic heterocycles. The number of carbonyl (C=O) groups excluding carboxylic acids is 1. The normalized spacial score (nSPS) is 10.7. The summed E-state index contributed by atoms with van der Waals surface area (Å²) >= 11 is 0. The van der Waals surface area contributed by atoms with E-state index in [9.17, 15) is 4.79 Å². The molecule has 0 saturated heterocycles. The van der Waals surface area contributed by atoms with Gasteiger partial charge in [-0.3, -0.25) is 0 Å². The number of esters is 1. The van der Waals surface area contributed by atoms with Gasteiger partial charge in [0.1, 0.15) is 6.61 Å². The summed E-state index contributed by atoms with van der Waals surface area (Å²) in [4.78, 5) is 11.0. The van der Waals surface area contributed by atoms with Gasteiger partial charge in [-0.2, -0.15) is 5.26 Å². The zero-order chi connectivity index (χ0) is 10.8. The molecule has 0 heterocycles. The van der Waals surface area contributed by atoms with E-state index in [-0.39, 0.29) is 13.0 Å². The van der Waals surface area contributed by atoms with Crippen molar-refractivity contribution in [2.45, 2.75) is 12.8 Å². The van der Waals surface area contributed by atoms with Crippen LogP contribution in [0, 0.1) is 11.3 Å². The Hall–Kier alpha value is -1.54. The van der Waals surface area contributed by atoms with Crippen LogP contribution >= 0.6 is 0 Å². The van der Waals surface area contributed by atoms with E-state index in [1.54, 1.807) is 7.11 Å². The number of hydrogen-bond donors (Lipinski definition) is 1. The first kappa shape index (κ1) is 12.5. The molecule has 0 unspecified atom stereocenters. The van der Waals surface area contributed by atoms with Crippen molar-refractivity contribution in [2.24, 2.45) is 5.73 Å². The third-order valence-corrected chi connectivity index (χ3v) is 1.36. The average molecular weight is 198 g/mol. The summed E-state index contributed by atoms with van der Waals surface area (Å²) < 4.78 is 9.45. The van der Waals surface area contributed by atoms with Crippen molar-refractivity contribution in [3.05, 3.63) is 11.8 Å². The van der Waals surface area contributed by atoms with Gasteiger partial charge in [0.15, 0.2) is 0 Å². The van der Waals surface area contributed by atoms with E-state index in [2.05, 4.69) is 4.74 Å². The van der Waals surface area contributed by atoms with E-state index in [1.165, 1.54) is 6.08 Å². The molecule has 5 heteroatoms. The fourth-order valence-corrected chi connectivity index (χ4v) is 0.682. The molecule has 0 atom stereocenters. The van der Waals surface area contributed by atoms with Gasteiger partial charge in [-0.25, -0.2) is 4.79 Å². The molecule has 0 bridgehead atoms. The van der Waals surface area contributed by atoms with Crippen molar-refractivity contribution in [1.82, 2.24) is 0 Å². The SMILES string of the molecule is COCC/C(N)=C/C(=O)OCCC#N. The minimum atomic E-state index is -0.520. The van der Waals surface area contributed by atoms with Crippen LogP contribution in [0.25, 0.3) is 0 Å². The maximum atomic E-state index is 11.0. The Morgan fingerprint density at radius 2 is 2.29 bits per heavy atom. The van der Waals surface area contributed by atoms with Crippen molar-refractivity contribution < 1.29 is 14.3 Å². The van der Waals surface area contributed by atoms with Crippen LogP contribution in [0.1, 0.15) is 12.8 Å². The van der Waals surface area contributed by atoms with E-state index in [0.717, 1.165) is 0 Å². The average Bonchev–Trinajstić information content (AvgIpc) is 2.15. The highest BCUT2D eigenvalue weighted by Gasteiger charge is 1.99. The maximum absolute atomic E-state index is 11.0. The molecule has 2 N–H and O–H groups in total. The minimum absolute atomic E-state index is 0.101. The number of carbonyl (C=O) groups is 1. The van der Waals surface area contributed by atoms with Crippen LogP contribution in [0.15, 0.2) is 11.8 Å². The lowest BCUT2D eigenvalue weighted by molar-refractivity contribution is -0.137. The van der Waals surface area contributed by atoms with Crippen molar-refractivity contribution in [1.29, 1.82) is 5.26 Å². The third kappa shape index (κ3) is 7.13. The summed E-state index contributed by atoms with van der Waals surface area (Å²) in [5.41, 5.74) is 5.89. The molecule has 0 radical (unpaired) electrons. The highest BCUT2D eigenvalue weighted by molar-refractivity contribution is 5.82. The fourth-order valence-electron chi connectivity index (χ4n) is 0.682. The molecular formula is C9H14N2O3. The first-order valence-corrected chi connectivity index (χ1v) is 4.19. The second-order valence-corrected chi connectivity index (χ2v) is 2.54. The Morgan fingerprint density at radius 1 is 1.57 bits per heavy atom. The minimum Gasteiger partial charge on any atom is -0.461 e. The van der Waals surface area contributed by atoms with Crippen LogP contribution in [0.4, 0.5) is 0 Å². The molecular weight excluding hydrogens is 184 g/mol. The number of nitrogens with two attached hydrogens (primary N) is 1. The van der Waals surface area contributed by atoms with Gasteiger partial charge >= 0.3 is 5.97 Å². The zero-order valence-electron chi connectivity index (χ0n) is 8.16. The molecule has 0 aromatic carbocycles. The first-order valence-electron chi connectivity index (χ1n) is 4.19. The molecule has 0 aliphatic heterocycles. The van der Waals surface area contributed by atoms with Crippen LogP contribution in [-0.4, -0.2) is 26.3 Å². The second kappa shape index (κ2) is 8.08. The van der Waals surface area contributed by atoms with Crippen LogP contribution < -0.4 is 5.73 Å². The topological polar surface area (TPSA) is 85.3 Å². The molecule has 0 aromatic rings. The Bertz CT molecular complexity index is 243. The number of ether oxygens (including phenoxy) is 2. The summed E-state index contributed by atoms with van der Waals surface area (Å²) in [6.45, 7) is 0.567. The van der Waals surface area contributed by atoms with Crippen molar-refractivity contribution >= 4 is 5.97 Å². The smallest absolute Gasteiger partial charge is 0.332 e. The van der Waals surface area contributed by atoms with Gasteiger partial charge in [0.05, 0.1) is 19.1 Å². The zero-order valence-corrected chi connectivity index (χ0v) is 8.16. The van der Waals surface area contributed by atoms with E-state index < -0.39 is 5.97 Å². The number of nitriles is 1. The maximum Gasteiger partial charge on any atom is 0.332 e. The van der Waals surface area contributed by atoms with Crippen molar-refractivity contribution in [3.63, 3.8) is 0 Å². The van der Waals surface area contributed by atoms with Crippen LogP contribution in [-0.2, 0) is 14.3 Å². The van der Waals surface area contributed by atoms with Gasteiger partial charge in [0.2, 0.25) is 0 Å². The second-order valence-electron chi connectivity index (χ2n) is 2.54. The standard InChI is InChI=1S/C9H14N2O3/c1-13-6-3-8(11)7-9(12)14-5-2-4-10/h7H,2-3,5-6,11H2,1H3/b8-7-. The van der Waals surface area contributed by atoms with Crippen LogP contribution in [0.2, 0.25) is 0 Å². The molecule has 0 saturated carbocycles. The van der Waals surface area contributed by atoms with E-state index in [4.69, 9.17) is 15.7 Å². The van der Waals surface area contributed by atoms with E-state index >= 15 is 0 Å². The van der Waals surface area contributed by atoms with Crippen LogP contribution in [0.3, 0.4) is 0 Å². The van der Waals surface area contributed by atoms with Gasteiger partial charge < -0.3 is 15.2 Å². The largest absolute Gasteiger partial charge is 0.461 e. The Balaban J connectivity index is 3.73. The molecule has 14 heavy (non-hydrogen) atoms. The summed E-state index contributed by atoms with van der Waals surface area (Å²) in [7, 11) is 1.55. The van der Waals surface area contributed by atoms with Crippen molar-refractivity contribution in [3.8, 4) is 6.07 Å². The quantitative estimate of drug-likeness (QED) is 0.377. The van der Waals surface area contributed by atoms with Gasteiger partial charge in [-0.1, -0.05) is 0 Å². The third-order valence-electron chi connectivity index (χ3n) is 1.36. The number of nitrogens with zero attached hydrogens (tertiary/aromatic N) is 1. The van der Waals surface area contributed by atoms with E-state index in [0.29, 0.717) is 18.7 Å². The monoisotopic (exact) mass is 198 g/mol. The van der Waals surface area contributed by atoms with Crippen molar-refractivity contribution in [2.75, 3.05) is 20.3 Å². The molecule has 78 valence electrons. The predicted molar refractivity (Wildman–Crippen MR) is 50.0 cm³/mol. The molecule has 0 rings (SSSR count). The number of methoxy groups -OCH3 is 1. The lowest BCUT2D eigenvalue weighted by Crippen LogP contribution is -2.08. The number of rotatable bonds is 6. The molecule has 0 aliphatic rings. The molecule has 5 nitrogen and oxygen atoms in total. The molecule has 0 spiro atoms. The molecule has 0 fully saturated rings. The van der Waals surface area contributed by atoms with Crippen LogP contribution in [0.5, 0.6) is 0 Å². The Morgan fingerprint density at radius 3 is 2.86 bits per heavy atom. The summed E-state index contributed by atoms with van der Waals surface area (Å²) in [5.74, 6) is -0.520. The summed E-state index contributed by atoms with van der Waals surface area (Å²) in [5, 5.41) is 8.18. The van der Waals surface area contributed by atoms with Gasteiger partial charge in [0, 0.05) is 25.3 Å². The Kier molecular flexibility index (Phi) is 7.19. The Labute approximate surface area is 83.1 Å². The first-order chi connectivity index (χ1) is 6.70. The van der Waals surface area contributed by atoms with Gasteiger partial charge in [0.25, 0.3) is 0 Å². The molecule has 0 amide bonds. The summed E-state index contributed by atoms with van der Waals surface area (Å²) in [6, 6.07) is 1.86. The van der Waals surface area contributed by atoms with Gasteiger partial charge in [-0.05, 0) is 0 Å². The summed E-state index contributed by atoms with van der Waals surface area (Å²) in [6.07, 6.45) is 1.89. The van der Waals surface area contributed by atoms with Gasteiger partial charge in [-0.15, -0.1) is 0 Å².